The normalized spacial score (nSPS) is 17.8. The van der Waals surface area contributed by atoms with E-state index in [4.69, 9.17) is 4.74 Å². The van der Waals surface area contributed by atoms with E-state index in [2.05, 4.69) is 26.3 Å². The van der Waals surface area contributed by atoms with Crippen LogP contribution in [0.15, 0.2) is 35.8 Å². The fraction of sp³-hybridized carbons (Fsp3) is 0.480. The van der Waals surface area contributed by atoms with Gasteiger partial charge in [-0.15, -0.1) is 11.3 Å². The van der Waals surface area contributed by atoms with E-state index in [9.17, 15) is 9.59 Å². The average molecular weight is 482 g/mol. The summed E-state index contributed by atoms with van der Waals surface area (Å²) in [5.41, 5.74) is 2.61. The molecule has 9 heteroatoms. The molecular weight excluding hydrogens is 450 g/mol. The summed E-state index contributed by atoms with van der Waals surface area (Å²) in [6, 6.07) is 8.08. The van der Waals surface area contributed by atoms with Gasteiger partial charge >= 0.3 is 0 Å². The quantitative estimate of drug-likeness (QED) is 0.542. The van der Waals surface area contributed by atoms with Crippen molar-refractivity contribution in [1.82, 2.24) is 25.1 Å². The highest BCUT2D eigenvalue weighted by molar-refractivity contribution is 7.09. The van der Waals surface area contributed by atoms with Gasteiger partial charge in [-0.25, -0.2) is 4.98 Å². The molecule has 1 aromatic carbocycles. The number of hydrogen-bond acceptors (Lipinski definition) is 6. The standard InChI is InChI=1S/C25H31N5O3S/c31-23(15-19-16-27-21-4-2-1-3-20(19)21)30-8-5-18(6-9-30)25-28-22(17-34-25)24(32)26-7-10-29-11-13-33-14-12-29/h1-4,16-18,27H,5-15H2,(H,26,32). The van der Waals surface area contributed by atoms with Crippen molar-refractivity contribution < 1.29 is 14.3 Å². The van der Waals surface area contributed by atoms with Gasteiger partial charge in [0, 0.05) is 67.7 Å². The number of para-hydroxylation sites is 1. The first-order valence-corrected chi connectivity index (χ1v) is 12.9. The molecule has 3 aromatic rings. The molecule has 8 nitrogen and oxygen atoms in total. The van der Waals surface area contributed by atoms with Gasteiger partial charge in [0.2, 0.25) is 5.91 Å². The van der Waals surface area contributed by atoms with E-state index in [-0.39, 0.29) is 11.8 Å². The molecule has 2 aliphatic heterocycles. The van der Waals surface area contributed by atoms with Crippen LogP contribution >= 0.6 is 11.3 Å². The number of amides is 2. The third kappa shape index (κ3) is 5.32. The van der Waals surface area contributed by atoms with Crippen LogP contribution < -0.4 is 5.32 Å². The Kier molecular flexibility index (Phi) is 7.22. The van der Waals surface area contributed by atoms with Crippen molar-refractivity contribution in [1.29, 1.82) is 0 Å². The molecule has 2 aromatic heterocycles. The second-order valence-corrected chi connectivity index (χ2v) is 9.86. The van der Waals surface area contributed by atoms with Crippen LogP contribution in [0.5, 0.6) is 0 Å². The highest BCUT2D eigenvalue weighted by Gasteiger charge is 2.26. The van der Waals surface area contributed by atoms with E-state index in [0.717, 1.165) is 80.3 Å². The molecule has 0 radical (unpaired) electrons. The number of carbonyl (C=O) groups excluding carboxylic acids is 2. The number of benzene rings is 1. The number of ether oxygens (including phenoxy) is 1. The van der Waals surface area contributed by atoms with Crippen LogP contribution in [0.25, 0.3) is 10.9 Å². The maximum Gasteiger partial charge on any atom is 0.270 e. The number of morpholine rings is 1. The van der Waals surface area contributed by atoms with Crippen molar-refractivity contribution in [2.45, 2.75) is 25.2 Å². The van der Waals surface area contributed by atoms with Gasteiger partial charge in [-0.3, -0.25) is 14.5 Å². The zero-order valence-electron chi connectivity index (χ0n) is 19.3. The number of aromatic amines is 1. The Hall–Kier alpha value is -2.75. The molecular formula is C25H31N5O3S. The van der Waals surface area contributed by atoms with E-state index in [1.165, 1.54) is 0 Å². The second kappa shape index (κ2) is 10.7. The predicted octanol–water partition coefficient (Wildman–Crippen LogP) is 2.64. The Morgan fingerprint density at radius 1 is 1.15 bits per heavy atom. The number of aromatic nitrogens is 2. The summed E-state index contributed by atoms with van der Waals surface area (Å²) < 4.78 is 5.35. The molecule has 5 rings (SSSR count). The van der Waals surface area contributed by atoms with Gasteiger partial charge in [0.05, 0.1) is 24.6 Å². The fourth-order valence-electron chi connectivity index (χ4n) is 4.75. The Balaban J connectivity index is 1.09. The predicted molar refractivity (Wildman–Crippen MR) is 132 cm³/mol. The minimum atomic E-state index is -0.109. The van der Waals surface area contributed by atoms with Crippen LogP contribution in [0.2, 0.25) is 0 Å². The molecule has 34 heavy (non-hydrogen) atoms. The van der Waals surface area contributed by atoms with Crippen molar-refractivity contribution >= 4 is 34.1 Å². The Morgan fingerprint density at radius 2 is 1.94 bits per heavy atom. The summed E-state index contributed by atoms with van der Waals surface area (Å²) in [7, 11) is 0. The highest BCUT2D eigenvalue weighted by Crippen LogP contribution is 2.31. The van der Waals surface area contributed by atoms with Gasteiger partial charge in [-0.05, 0) is 24.5 Å². The molecule has 4 heterocycles. The molecule has 2 saturated heterocycles. The number of rotatable bonds is 7. The highest BCUT2D eigenvalue weighted by atomic mass is 32.1. The minimum Gasteiger partial charge on any atom is -0.379 e. The van der Waals surface area contributed by atoms with Crippen molar-refractivity contribution in [3.05, 3.63) is 52.1 Å². The number of H-pyrrole nitrogens is 1. The van der Waals surface area contributed by atoms with Gasteiger partial charge in [-0.2, -0.15) is 0 Å². The third-order valence-corrected chi connectivity index (χ3v) is 7.79. The van der Waals surface area contributed by atoms with Crippen molar-refractivity contribution in [2.75, 3.05) is 52.5 Å². The van der Waals surface area contributed by atoms with Crippen LogP contribution in [0.1, 0.15) is 39.8 Å². The molecule has 0 atom stereocenters. The Labute approximate surface area is 203 Å². The van der Waals surface area contributed by atoms with E-state index in [0.29, 0.717) is 24.6 Å². The summed E-state index contributed by atoms with van der Waals surface area (Å²) in [4.78, 5) is 37.5. The Bertz CT molecular complexity index is 1130. The van der Waals surface area contributed by atoms with Crippen molar-refractivity contribution in [3.63, 3.8) is 0 Å². The lowest BCUT2D eigenvalue weighted by Crippen LogP contribution is -2.41. The second-order valence-electron chi connectivity index (χ2n) is 8.97. The summed E-state index contributed by atoms with van der Waals surface area (Å²) in [6.45, 7) is 6.26. The minimum absolute atomic E-state index is 0.109. The first-order chi connectivity index (χ1) is 16.7. The SMILES string of the molecule is O=C(NCCN1CCOCC1)c1csc(C2CCN(C(=O)Cc3c[nH]c4ccccc34)CC2)n1. The topological polar surface area (TPSA) is 90.6 Å². The third-order valence-electron chi connectivity index (χ3n) is 6.79. The maximum atomic E-state index is 12.9. The Morgan fingerprint density at radius 3 is 2.76 bits per heavy atom. The molecule has 2 amide bonds. The monoisotopic (exact) mass is 481 g/mol. The summed E-state index contributed by atoms with van der Waals surface area (Å²) >= 11 is 1.55. The number of thiazole rings is 1. The molecule has 0 saturated carbocycles. The van der Waals surface area contributed by atoms with Gasteiger partial charge in [0.25, 0.3) is 5.91 Å². The average Bonchev–Trinajstić information content (AvgIpc) is 3.53. The van der Waals surface area contributed by atoms with E-state index in [1.54, 1.807) is 11.3 Å². The smallest absolute Gasteiger partial charge is 0.270 e. The number of likely N-dealkylation sites (tertiary alicyclic amines) is 1. The largest absolute Gasteiger partial charge is 0.379 e. The molecule has 0 spiro atoms. The molecule has 2 fully saturated rings. The first kappa shape index (κ1) is 23.0. The number of hydrogen-bond donors (Lipinski definition) is 2. The number of nitrogens with one attached hydrogen (secondary N) is 2. The molecule has 0 unspecified atom stereocenters. The van der Waals surface area contributed by atoms with Crippen LogP contribution in [0.4, 0.5) is 0 Å². The number of nitrogens with zero attached hydrogens (tertiary/aromatic N) is 3. The maximum absolute atomic E-state index is 12.9. The van der Waals surface area contributed by atoms with Gasteiger partial charge in [0.15, 0.2) is 0 Å². The van der Waals surface area contributed by atoms with E-state index in [1.807, 2.05) is 34.7 Å². The van der Waals surface area contributed by atoms with E-state index < -0.39 is 0 Å². The number of fused-ring (bicyclic) bond motifs is 1. The fourth-order valence-corrected chi connectivity index (χ4v) is 5.72. The van der Waals surface area contributed by atoms with E-state index >= 15 is 0 Å². The lowest BCUT2D eigenvalue weighted by Gasteiger charge is -2.31. The number of piperidine rings is 1. The van der Waals surface area contributed by atoms with Crippen LogP contribution in [0, 0.1) is 0 Å². The lowest BCUT2D eigenvalue weighted by molar-refractivity contribution is -0.131. The summed E-state index contributed by atoms with van der Waals surface area (Å²) in [6.07, 6.45) is 4.12. The zero-order valence-corrected chi connectivity index (χ0v) is 20.1. The van der Waals surface area contributed by atoms with Crippen molar-refractivity contribution in [2.24, 2.45) is 0 Å². The van der Waals surface area contributed by atoms with Gasteiger partial charge < -0.3 is 19.9 Å². The molecule has 2 aliphatic rings. The number of carbonyl (C=O) groups is 2. The molecule has 2 N–H and O–H groups in total. The lowest BCUT2D eigenvalue weighted by atomic mass is 9.97. The molecule has 0 aliphatic carbocycles. The van der Waals surface area contributed by atoms with Crippen LogP contribution in [0.3, 0.4) is 0 Å². The van der Waals surface area contributed by atoms with Gasteiger partial charge in [-0.1, -0.05) is 18.2 Å². The van der Waals surface area contributed by atoms with Crippen LogP contribution in [-0.4, -0.2) is 84.1 Å². The summed E-state index contributed by atoms with van der Waals surface area (Å²) in [5, 5.41) is 6.96. The van der Waals surface area contributed by atoms with Gasteiger partial charge in [0.1, 0.15) is 5.69 Å². The summed E-state index contributed by atoms with van der Waals surface area (Å²) in [5.74, 6) is 0.363. The molecule has 180 valence electrons. The first-order valence-electron chi connectivity index (χ1n) is 12.0. The van der Waals surface area contributed by atoms with Crippen LogP contribution in [-0.2, 0) is 16.0 Å². The zero-order chi connectivity index (χ0) is 23.3. The van der Waals surface area contributed by atoms with Crippen molar-refractivity contribution in [3.8, 4) is 0 Å². The molecule has 0 bridgehead atoms.